The average molecular weight is 226 g/mol. The van der Waals surface area contributed by atoms with Crippen LogP contribution in [0.2, 0.25) is 5.02 Å². The molecule has 0 aromatic heterocycles. The maximum absolute atomic E-state index is 13.2. The highest BCUT2D eigenvalue weighted by Crippen LogP contribution is 2.34. The Bertz CT molecular complexity index is 468. The summed E-state index contributed by atoms with van der Waals surface area (Å²) in [6.45, 7) is 0. The minimum atomic E-state index is -0.506. The predicted molar refractivity (Wildman–Crippen MR) is 56.9 cm³/mol. The van der Waals surface area contributed by atoms with Gasteiger partial charge in [-0.1, -0.05) is 11.6 Å². The van der Waals surface area contributed by atoms with Crippen molar-refractivity contribution in [3.8, 4) is 0 Å². The number of carbonyl (C=O) groups is 1. The van der Waals surface area contributed by atoms with Crippen LogP contribution in [0.15, 0.2) is 18.2 Å². The molecule has 4 heteroatoms. The first-order valence-corrected chi connectivity index (χ1v) is 4.94. The maximum atomic E-state index is 13.2. The molecule has 0 saturated heterocycles. The molecule has 0 bridgehead atoms. The van der Waals surface area contributed by atoms with Crippen LogP contribution in [-0.4, -0.2) is 5.91 Å². The van der Waals surface area contributed by atoms with Crippen molar-refractivity contribution in [3.63, 3.8) is 0 Å². The molecular weight excluding hydrogens is 217 g/mol. The first kappa shape index (κ1) is 10.2. The SMILES string of the molecule is NC(=O)/C=C1\CCc2cc(Cl)c(F)cc21. The Hall–Kier alpha value is -1.35. The van der Waals surface area contributed by atoms with E-state index >= 15 is 0 Å². The van der Waals surface area contributed by atoms with Crippen molar-refractivity contribution in [3.05, 3.63) is 40.2 Å². The Balaban J connectivity index is 2.51. The second-order valence-corrected chi connectivity index (χ2v) is 3.90. The second-order valence-electron chi connectivity index (χ2n) is 3.50. The fraction of sp³-hybridized carbons (Fsp3) is 0.182. The minimum Gasteiger partial charge on any atom is -0.366 e. The number of hydrogen-bond donors (Lipinski definition) is 1. The topological polar surface area (TPSA) is 43.1 Å². The molecule has 1 aliphatic carbocycles. The van der Waals surface area contributed by atoms with Gasteiger partial charge in [0.2, 0.25) is 5.91 Å². The van der Waals surface area contributed by atoms with Crippen LogP contribution < -0.4 is 5.73 Å². The summed E-state index contributed by atoms with van der Waals surface area (Å²) >= 11 is 5.66. The third-order valence-corrected chi connectivity index (χ3v) is 2.76. The third kappa shape index (κ3) is 1.88. The van der Waals surface area contributed by atoms with E-state index < -0.39 is 11.7 Å². The van der Waals surface area contributed by atoms with Crippen LogP contribution in [0.3, 0.4) is 0 Å². The lowest BCUT2D eigenvalue weighted by atomic mass is 10.1. The van der Waals surface area contributed by atoms with Crippen LogP contribution in [-0.2, 0) is 11.2 Å². The molecule has 2 N–H and O–H groups in total. The van der Waals surface area contributed by atoms with Gasteiger partial charge in [0.15, 0.2) is 0 Å². The van der Waals surface area contributed by atoms with Gasteiger partial charge < -0.3 is 5.73 Å². The van der Waals surface area contributed by atoms with Crippen LogP contribution in [0.1, 0.15) is 17.5 Å². The molecule has 1 amide bonds. The van der Waals surface area contributed by atoms with Crippen molar-refractivity contribution >= 4 is 23.1 Å². The summed E-state index contributed by atoms with van der Waals surface area (Å²) in [5.41, 5.74) is 7.56. The quantitative estimate of drug-likeness (QED) is 0.733. The van der Waals surface area contributed by atoms with Gasteiger partial charge >= 0.3 is 0 Å². The van der Waals surface area contributed by atoms with Crippen molar-refractivity contribution in [1.82, 2.24) is 0 Å². The van der Waals surface area contributed by atoms with Crippen LogP contribution >= 0.6 is 11.6 Å². The number of benzene rings is 1. The average Bonchev–Trinajstić information content (AvgIpc) is 2.49. The number of primary amides is 1. The standard InChI is InChI=1S/C11H9ClFNO/c12-9-3-6-1-2-7(4-11(14)15)8(6)5-10(9)13/h3-5H,1-2H2,(H2,14,15)/b7-4+. The number of nitrogens with two attached hydrogens (primary N) is 1. The number of fused-ring (bicyclic) bond motifs is 1. The minimum absolute atomic E-state index is 0.120. The highest BCUT2D eigenvalue weighted by atomic mass is 35.5. The number of rotatable bonds is 1. The summed E-state index contributed by atoms with van der Waals surface area (Å²) in [7, 11) is 0. The van der Waals surface area contributed by atoms with E-state index in [0.717, 1.165) is 23.1 Å². The molecule has 0 saturated carbocycles. The van der Waals surface area contributed by atoms with Gasteiger partial charge in [-0.25, -0.2) is 4.39 Å². The van der Waals surface area contributed by atoms with Gasteiger partial charge in [-0.2, -0.15) is 0 Å². The van der Waals surface area contributed by atoms with Crippen molar-refractivity contribution in [2.45, 2.75) is 12.8 Å². The molecule has 0 aliphatic heterocycles. The first-order valence-electron chi connectivity index (χ1n) is 4.56. The smallest absolute Gasteiger partial charge is 0.241 e. The first-order chi connectivity index (χ1) is 7.08. The van der Waals surface area contributed by atoms with Crippen LogP contribution in [0, 0.1) is 5.82 Å². The lowest BCUT2D eigenvalue weighted by molar-refractivity contribution is -0.113. The molecule has 0 fully saturated rings. The Morgan fingerprint density at radius 2 is 2.20 bits per heavy atom. The van der Waals surface area contributed by atoms with E-state index in [1.165, 1.54) is 12.1 Å². The molecule has 15 heavy (non-hydrogen) atoms. The molecule has 1 aromatic rings. The Labute approximate surface area is 91.5 Å². The molecule has 0 unspecified atom stereocenters. The molecule has 0 spiro atoms. The number of aryl methyl sites for hydroxylation is 1. The van der Waals surface area contributed by atoms with E-state index in [0.29, 0.717) is 6.42 Å². The van der Waals surface area contributed by atoms with E-state index in [1.54, 1.807) is 6.07 Å². The summed E-state index contributed by atoms with van der Waals surface area (Å²) in [5.74, 6) is -0.971. The summed E-state index contributed by atoms with van der Waals surface area (Å²) in [5, 5.41) is 0.120. The maximum Gasteiger partial charge on any atom is 0.241 e. The second kappa shape index (κ2) is 3.66. The molecule has 1 aromatic carbocycles. The Morgan fingerprint density at radius 1 is 1.47 bits per heavy atom. The molecule has 2 nitrogen and oxygen atoms in total. The summed E-state index contributed by atoms with van der Waals surface area (Å²) in [4.78, 5) is 10.7. The molecular formula is C11H9ClFNO. The number of carbonyl (C=O) groups excluding carboxylic acids is 1. The predicted octanol–water partition coefficient (Wildman–Crippen LogP) is 2.29. The summed E-state index contributed by atoms with van der Waals surface area (Å²) in [6.07, 6.45) is 2.83. The molecule has 0 radical (unpaired) electrons. The van der Waals surface area contributed by atoms with Gasteiger partial charge in [-0.3, -0.25) is 4.79 Å². The largest absolute Gasteiger partial charge is 0.366 e. The van der Waals surface area contributed by atoms with Crippen molar-refractivity contribution in [2.75, 3.05) is 0 Å². The lowest BCUT2D eigenvalue weighted by Gasteiger charge is -2.02. The zero-order valence-electron chi connectivity index (χ0n) is 7.89. The van der Waals surface area contributed by atoms with Crippen molar-refractivity contribution in [2.24, 2.45) is 5.73 Å². The van der Waals surface area contributed by atoms with Crippen LogP contribution in [0.25, 0.3) is 5.57 Å². The Kier molecular flexibility index (Phi) is 2.49. The highest BCUT2D eigenvalue weighted by Gasteiger charge is 2.19. The molecule has 78 valence electrons. The fourth-order valence-corrected chi connectivity index (χ4v) is 2.01. The van der Waals surface area contributed by atoms with Crippen LogP contribution in [0.4, 0.5) is 4.39 Å². The molecule has 2 rings (SSSR count). The number of halogens is 2. The molecule has 0 heterocycles. The van der Waals surface area contributed by atoms with Gasteiger partial charge in [-0.15, -0.1) is 0 Å². The highest BCUT2D eigenvalue weighted by molar-refractivity contribution is 6.30. The van der Waals surface area contributed by atoms with Gasteiger partial charge in [0.05, 0.1) is 5.02 Å². The van der Waals surface area contributed by atoms with Crippen molar-refractivity contribution in [1.29, 1.82) is 0 Å². The molecule has 1 aliphatic rings. The van der Waals surface area contributed by atoms with E-state index in [4.69, 9.17) is 17.3 Å². The lowest BCUT2D eigenvalue weighted by Crippen LogP contribution is -2.06. The zero-order chi connectivity index (χ0) is 11.0. The number of amides is 1. The summed E-state index contributed by atoms with van der Waals surface area (Å²) < 4.78 is 13.2. The fourth-order valence-electron chi connectivity index (χ4n) is 1.82. The Morgan fingerprint density at radius 3 is 2.87 bits per heavy atom. The monoisotopic (exact) mass is 225 g/mol. The van der Waals surface area contributed by atoms with Crippen LogP contribution in [0.5, 0.6) is 0 Å². The van der Waals surface area contributed by atoms with Gasteiger partial charge in [0.25, 0.3) is 0 Å². The third-order valence-electron chi connectivity index (χ3n) is 2.47. The molecule has 0 atom stereocenters. The summed E-state index contributed by atoms with van der Waals surface area (Å²) in [6, 6.07) is 2.97. The van der Waals surface area contributed by atoms with E-state index in [1.807, 2.05) is 0 Å². The zero-order valence-corrected chi connectivity index (χ0v) is 8.64. The van der Waals surface area contributed by atoms with Gasteiger partial charge in [-0.05, 0) is 41.7 Å². The van der Waals surface area contributed by atoms with E-state index in [9.17, 15) is 9.18 Å². The van der Waals surface area contributed by atoms with E-state index in [2.05, 4.69) is 0 Å². The van der Waals surface area contributed by atoms with E-state index in [-0.39, 0.29) is 5.02 Å². The van der Waals surface area contributed by atoms with Crippen molar-refractivity contribution < 1.29 is 9.18 Å². The normalized spacial score (nSPS) is 16.8. The number of hydrogen-bond acceptors (Lipinski definition) is 1. The van der Waals surface area contributed by atoms with Gasteiger partial charge in [0, 0.05) is 6.08 Å². The number of allylic oxidation sites excluding steroid dienone is 1. The van der Waals surface area contributed by atoms with Gasteiger partial charge in [0.1, 0.15) is 5.82 Å².